The van der Waals surface area contributed by atoms with Crippen LogP contribution in [0.25, 0.3) is 0 Å². The highest BCUT2D eigenvalue weighted by Crippen LogP contribution is 2.43. The highest BCUT2D eigenvalue weighted by molar-refractivity contribution is 6.74. The minimum Gasteiger partial charge on any atom is -0.410 e. The van der Waals surface area contributed by atoms with Crippen molar-refractivity contribution in [1.82, 2.24) is 0 Å². The SMILES string of the molecule is C=C1[C@H](C)C[C@](O)(CO)C[C@H]1O[Si](C)(C)C(C)(C)C. The second kappa shape index (κ2) is 5.32. The summed E-state index contributed by atoms with van der Waals surface area (Å²) in [5.41, 5.74) is 0.0381. The third kappa shape index (κ3) is 3.69. The van der Waals surface area contributed by atoms with E-state index in [0.717, 1.165) is 5.57 Å². The molecule has 112 valence electrons. The van der Waals surface area contributed by atoms with Crippen molar-refractivity contribution in [1.29, 1.82) is 0 Å². The van der Waals surface area contributed by atoms with Crippen LogP contribution in [-0.2, 0) is 4.43 Å². The van der Waals surface area contributed by atoms with Gasteiger partial charge in [0.15, 0.2) is 8.32 Å². The van der Waals surface area contributed by atoms with Crippen LogP contribution in [0.2, 0.25) is 18.1 Å². The molecule has 0 heterocycles. The first-order valence-corrected chi connectivity index (χ1v) is 10.0. The van der Waals surface area contributed by atoms with Gasteiger partial charge in [-0.1, -0.05) is 34.3 Å². The number of aliphatic hydroxyl groups excluding tert-OH is 1. The molecule has 0 aromatic carbocycles. The van der Waals surface area contributed by atoms with E-state index in [4.69, 9.17) is 4.43 Å². The van der Waals surface area contributed by atoms with Crippen LogP contribution < -0.4 is 0 Å². The summed E-state index contributed by atoms with van der Waals surface area (Å²) in [6.45, 7) is 17.0. The van der Waals surface area contributed by atoms with E-state index in [1.165, 1.54) is 0 Å². The molecule has 0 aromatic heterocycles. The molecule has 1 saturated carbocycles. The second-order valence-corrected chi connectivity index (χ2v) is 12.4. The van der Waals surface area contributed by atoms with E-state index in [2.05, 4.69) is 40.4 Å². The predicted molar refractivity (Wildman–Crippen MR) is 81.6 cm³/mol. The van der Waals surface area contributed by atoms with Crippen molar-refractivity contribution in [2.45, 2.75) is 70.4 Å². The molecule has 19 heavy (non-hydrogen) atoms. The average Bonchev–Trinajstić information content (AvgIpc) is 2.23. The van der Waals surface area contributed by atoms with Crippen molar-refractivity contribution < 1.29 is 14.6 Å². The van der Waals surface area contributed by atoms with Crippen molar-refractivity contribution in [3.05, 3.63) is 12.2 Å². The molecule has 1 fully saturated rings. The molecule has 0 amide bonds. The van der Waals surface area contributed by atoms with Gasteiger partial charge >= 0.3 is 0 Å². The summed E-state index contributed by atoms with van der Waals surface area (Å²) in [7, 11) is -1.89. The highest BCUT2D eigenvalue weighted by Gasteiger charge is 2.45. The molecule has 1 aliphatic carbocycles. The predicted octanol–water partition coefficient (Wildman–Crippen LogP) is 3.09. The Kier molecular flexibility index (Phi) is 4.73. The molecule has 0 spiro atoms. The summed E-state index contributed by atoms with van der Waals surface area (Å²) in [5.74, 6) is 0.181. The maximum absolute atomic E-state index is 10.4. The van der Waals surface area contributed by atoms with E-state index < -0.39 is 13.9 Å². The zero-order valence-corrected chi connectivity index (χ0v) is 14.3. The molecule has 1 rings (SSSR count). The summed E-state index contributed by atoms with van der Waals surface area (Å²) in [6.07, 6.45) is 0.889. The molecule has 0 aliphatic heterocycles. The van der Waals surface area contributed by atoms with Crippen molar-refractivity contribution in [2.24, 2.45) is 5.92 Å². The minimum absolute atomic E-state index is 0.130. The summed E-state index contributed by atoms with van der Waals surface area (Å²) < 4.78 is 6.39. The summed E-state index contributed by atoms with van der Waals surface area (Å²) in [4.78, 5) is 0. The van der Waals surface area contributed by atoms with Gasteiger partial charge in [-0.3, -0.25) is 0 Å². The Balaban J connectivity index is 2.90. The van der Waals surface area contributed by atoms with Crippen molar-refractivity contribution in [3.63, 3.8) is 0 Å². The van der Waals surface area contributed by atoms with Crippen LogP contribution in [0.5, 0.6) is 0 Å². The van der Waals surface area contributed by atoms with Gasteiger partial charge in [-0.15, -0.1) is 0 Å². The number of hydrogen-bond donors (Lipinski definition) is 2. The van der Waals surface area contributed by atoms with Gasteiger partial charge in [-0.25, -0.2) is 0 Å². The first-order chi connectivity index (χ1) is 8.42. The molecule has 0 aromatic rings. The lowest BCUT2D eigenvalue weighted by Gasteiger charge is -2.46. The van der Waals surface area contributed by atoms with E-state index in [0.29, 0.717) is 12.8 Å². The van der Waals surface area contributed by atoms with Crippen LogP contribution in [0, 0.1) is 5.92 Å². The highest BCUT2D eigenvalue weighted by atomic mass is 28.4. The lowest BCUT2D eigenvalue weighted by molar-refractivity contribution is -0.0706. The van der Waals surface area contributed by atoms with Crippen molar-refractivity contribution in [2.75, 3.05) is 6.61 Å². The van der Waals surface area contributed by atoms with Gasteiger partial charge in [-0.2, -0.15) is 0 Å². The second-order valence-electron chi connectivity index (χ2n) is 7.63. The zero-order valence-electron chi connectivity index (χ0n) is 13.3. The van der Waals surface area contributed by atoms with Crippen molar-refractivity contribution >= 4 is 8.32 Å². The van der Waals surface area contributed by atoms with Gasteiger partial charge in [0, 0.05) is 6.42 Å². The van der Waals surface area contributed by atoms with Crippen LogP contribution in [0.3, 0.4) is 0 Å². The Labute approximate surface area is 118 Å². The minimum atomic E-state index is -1.89. The molecule has 0 radical (unpaired) electrons. The lowest BCUT2D eigenvalue weighted by Crippen LogP contribution is -2.51. The zero-order chi connectivity index (χ0) is 15.1. The molecular weight excluding hydrogens is 256 g/mol. The van der Waals surface area contributed by atoms with E-state index >= 15 is 0 Å². The van der Waals surface area contributed by atoms with Gasteiger partial charge in [0.2, 0.25) is 0 Å². The molecule has 3 atom stereocenters. The average molecular weight is 286 g/mol. The number of rotatable bonds is 3. The Bertz CT molecular complexity index is 346. The standard InChI is InChI=1S/C15H30O3Si/c1-11-8-15(17,10-16)9-13(12(11)2)18-19(6,7)14(3,4)5/h11,13,16-17H,2,8-10H2,1,3-7H3/t11-,13-,15-/m1/s1. The summed E-state index contributed by atoms with van der Waals surface area (Å²) in [5, 5.41) is 19.9. The van der Waals surface area contributed by atoms with Gasteiger partial charge < -0.3 is 14.6 Å². The van der Waals surface area contributed by atoms with Gasteiger partial charge in [0.05, 0.1) is 18.3 Å². The smallest absolute Gasteiger partial charge is 0.192 e. The topological polar surface area (TPSA) is 49.7 Å². The fraction of sp³-hybridized carbons (Fsp3) is 0.867. The summed E-state index contributed by atoms with van der Waals surface area (Å²) in [6, 6.07) is 0. The van der Waals surface area contributed by atoms with Crippen LogP contribution >= 0.6 is 0 Å². The third-order valence-corrected chi connectivity index (χ3v) is 9.32. The van der Waals surface area contributed by atoms with Gasteiger partial charge in [0.1, 0.15) is 0 Å². The van der Waals surface area contributed by atoms with Crippen LogP contribution in [0.4, 0.5) is 0 Å². The normalized spacial score (nSPS) is 33.6. The van der Waals surface area contributed by atoms with E-state index in [1.807, 2.05) is 6.92 Å². The van der Waals surface area contributed by atoms with E-state index in [-0.39, 0.29) is 23.7 Å². The Morgan fingerprint density at radius 2 is 1.89 bits per heavy atom. The molecule has 2 N–H and O–H groups in total. The fourth-order valence-corrected chi connectivity index (χ4v) is 3.66. The molecule has 0 unspecified atom stereocenters. The quantitative estimate of drug-likeness (QED) is 0.619. The van der Waals surface area contributed by atoms with Crippen molar-refractivity contribution in [3.8, 4) is 0 Å². The molecule has 0 saturated heterocycles. The third-order valence-electron chi connectivity index (χ3n) is 4.84. The molecule has 3 nitrogen and oxygen atoms in total. The van der Waals surface area contributed by atoms with Crippen LogP contribution in [0.1, 0.15) is 40.5 Å². The Morgan fingerprint density at radius 3 is 2.32 bits per heavy atom. The van der Waals surface area contributed by atoms with E-state index in [1.54, 1.807) is 0 Å². The maximum atomic E-state index is 10.4. The summed E-state index contributed by atoms with van der Waals surface area (Å²) >= 11 is 0. The van der Waals surface area contributed by atoms with E-state index in [9.17, 15) is 10.2 Å². The van der Waals surface area contributed by atoms with Crippen LogP contribution in [0.15, 0.2) is 12.2 Å². The molecular formula is C15H30O3Si. The molecule has 4 heteroatoms. The van der Waals surface area contributed by atoms with Gasteiger partial charge in [0.25, 0.3) is 0 Å². The maximum Gasteiger partial charge on any atom is 0.192 e. The largest absolute Gasteiger partial charge is 0.410 e. The Morgan fingerprint density at radius 1 is 1.37 bits per heavy atom. The molecule has 1 aliphatic rings. The monoisotopic (exact) mass is 286 g/mol. The first kappa shape index (κ1) is 16.9. The first-order valence-electron chi connectivity index (χ1n) is 7.12. The number of hydrogen-bond acceptors (Lipinski definition) is 3. The molecule has 0 bridgehead atoms. The number of aliphatic hydroxyl groups is 2. The fourth-order valence-electron chi connectivity index (χ4n) is 2.36. The Hall–Kier alpha value is -0.163. The van der Waals surface area contributed by atoms with Gasteiger partial charge in [-0.05, 0) is 36.0 Å². The van der Waals surface area contributed by atoms with Crippen LogP contribution in [-0.4, -0.2) is 36.8 Å². The lowest BCUT2D eigenvalue weighted by atomic mass is 9.75.